The predicted octanol–water partition coefficient (Wildman–Crippen LogP) is 6.22. The summed E-state index contributed by atoms with van der Waals surface area (Å²) in [5, 5.41) is 3.47. The second-order valence-electron chi connectivity index (χ2n) is 6.78. The largest absolute Gasteiger partial charge is 0.494 e. The highest BCUT2D eigenvalue weighted by Gasteiger charge is 2.08. The van der Waals surface area contributed by atoms with Crippen LogP contribution in [0, 0.1) is 6.92 Å². The molecule has 1 atom stereocenters. The summed E-state index contributed by atoms with van der Waals surface area (Å²) in [5.41, 5.74) is 2.32. The topological polar surface area (TPSA) is 30.5 Å². The summed E-state index contributed by atoms with van der Waals surface area (Å²) in [4.78, 5) is 0. The molecule has 0 saturated carbocycles. The zero-order chi connectivity index (χ0) is 18.6. The van der Waals surface area contributed by atoms with Crippen LogP contribution in [0.5, 0.6) is 11.5 Å². The van der Waals surface area contributed by atoms with Gasteiger partial charge in [0.2, 0.25) is 0 Å². The van der Waals surface area contributed by atoms with Gasteiger partial charge in [-0.25, -0.2) is 0 Å². The molecule has 142 valence electrons. The number of rotatable bonds is 12. The molecule has 3 heteroatoms. The average Bonchev–Trinajstić information content (AvgIpc) is 2.67. The molecule has 0 amide bonds. The van der Waals surface area contributed by atoms with Crippen molar-refractivity contribution in [3.05, 3.63) is 54.1 Å². The van der Waals surface area contributed by atoms with E-state index in [4.69, 9.17) is 9.47 Å². The number of nitrogens with one attached hydrogen (secondary N) is 1. The Hall–Kier alpha value is -2.16. The van der Waals surface area contributed by atoms with Gasteiger partial charge in [-0.2, -0.15) is 0 Å². The molecule has 2 rings (SSSR count). The Morgan fingerprint density at radius 3 is 2.46 bits per heavy atom. The molecule has 0 spiro atoms. The van der Waals surface area contributed by atoms with Gasteiger partial charge in [-0.3, -0.25) is 0 Å². The fourth-order valence-electron chi connectivity index (χ4n) is 2.73. The number of ether oxygens (including phenoxy) is 2. The van der Waals surface area contributed by atoms with Gasteiger partial charge in [0.15, 0.2) is 0 Å². The molecule has 1 N–H and O–H groups in total. The van der Waals surface area contributed by atoms with Crippen molar-refractivity contribution in [2.24, 2.45) is 0 Å². The molecule has 26 heavy (non-hydrogen) atoms. The zero-order valence-electron chi connectivity index (χ0n) is 16.5. The van der Waals surface area contributed by atoms with Gasteiger partial charge in [0, 0.05) is 11.8 Å². The van der Waals surface area contributed by atoms with Crippen molar-refractivity contribution in [2.75, 3.05) is 18.5 Å². The van der Waals surface area contributed by atoms with Gasteiger partial charge in [0.1, 0.15) is 17.6 Å². The van der Waals surface area contributed by atoms with Crippen molar-refractivity contribution in [1.29, 1.82) is 0 Å². The molecule has 0 radical (unpaired) electrons. The lowest BCUT2D eigenvalue weighted by molar-refractivity contribution is 0.210. The lowest BCUT2D eigenvalue weighted by atomic mass is 10.2. The number of unbranched alkanes of at least 4 members (excludes halogenated alkanes) is 3. The second kappa shape index (κ2) is 11.5. The standard InChI is InChI=1S/C23H33NO2/c1-4-6-7-8-16-25-23-11-9-10-20(17-23)24-18-21(5-2)26-22-14-12-19(3)13-15-22/h9-15,17,21,24H,4-8,16,18H2,1-3H3. The van der Waals surface area contributed by atoms with Gasteiger partial charge in [-0.15, -0.1) is 0 Å². The minimum Gasteiger partial charge on any atom is -0.494 e. The fraction of sp³-hybridized carbons (Fsp3) is 0.478. The smallest absolute Gasteiger partial charge is 0.121 e. The van der Waals surface area contributed by atoms with E-state index in [1.165, 1.54) is 24.8 Å². The lowest BCUT2D eigenvalue weighted by Gasteiger charge is -2.19. The number of anilines is 1. The Labute approximate surface area is 158 Å². The van der Waals surface area contributed by atoms with E-state index in [0.29, 0.717) is 0 Å². The first-order valence-corrected chi connectivity index (χ1v) is 9.91. The van der Waals surface area contributed by atoms with Crippen molar-refractivity contribution < 1.29 is 9.47 Å². The van der Waals surface area contributed by atoms with E-state index in [1.807, 2.05) is 24.3 Å². The summed E-state index contributed by atoms with van der Waals surface area (Å²) >= 11 is 0. The molecule has 0 aliphatic heterocycles. The maximum atomic E-state index is 6.08. The Balaban J connectivity index is 1.79. The van der Waals surface area contributed by atoms with Crippen LogP contribution in [-0.4, -0.2) is 19.3 Å². The second-order valence-corrected chi connectivity index (χ2v) is 6.78. The summed E-state index contributed by atoms with van der Waals surface area (Å²) < 4.78 is 11.9. The van der Waals surface area contributed by atoms with Crippen LogP contribution in [0.15, 0.2) is 48.5 Å². The van der Waals surface area contributed by atoms with Crippen LogP contribution >= 0.6 is 0 Å². The summed E-state index contributed by atoms with van der Waals surface area (Å²) in [7, 11) is 0. The van der Waals surface area contributed by atoms with Gasteiger partial charge in [0.25, 0.3) is 0 Å². The number of benzene rings is 2. The van der Waals surface area contributed by atoms with Crippen molar-refractivity contribution in [3.63, 3.8) is 0 Å². The van der Waals surface area contributed by atoms with Crippen LogP contribution in [0.3, 0.4) is 0 Å². The van der Waals surface area contributed by atoms with Gasteiger partial charge in [0.05, 0.1) is 13.2 Å². The normalized spacial score (nSPS) is 11.8. The molecule has 0 aromatic heterocycles. The molecular weight excluding hydrogens is 322 g/mol. The summed E-state index contributed by atoms with van der Waals surface area (Å²) in [5.74, 6) is 1.85. The average molecular weight is 356 g/mol. The molecule has 0 aliphatic carbocycles. The quantitative estimate of drug-likeness (QED) is 0.458. The van der Waals surface area contributed by atoms with Gasteiger partial charge < -0.3 is 14.8 Å². The molecule has 0 saturated heterocycles. The highest BCUT2D eigenvalue weighted by molar-refractivity contribution is 5.48. The zero-order valence-corrected chi connectivity index (χ0v) is 16.5. The third kappa shape index (κ3) is 7.38. The first-order valence-electron chi connectivity index (χ1n) is 9.91. The molecule has 1 unspecified atom stereocenters. The van der Waals surface area contributed by atoms with E-state index in [-0.39, 0.29) is 6.10 Å². The van der Waals surface area contributed by atoms with E-state index in [0.717, 1.165) is 43.2 Å². The first-order chi connectivity index (χ1) is 12.7. The predicted molar refractivity (Wildman–Crippen MR) is 110 cm³/mol. The van der Waals surface area contributed by atoms with Crippen molar-refractivity contribution >= 4 is 5.69 Å². The van der Waals surface area contributed by atoms with Crippen LogP contribution < -0.4 is 14.8 Å². The number of aryl methyl sites for hydroxylation is 1. The Bertz CT molecular complexity index is 624. The minimum absolute atomic E-state index is 0.135. The molecule has 0 bridgehead atoms. The molecule has 2 aromatic carbocycles. The number of hydrogen-bond acceptors (Lipinski definition) is 3. The van der Waals surface area contributed by atoms with Crippen molar-refractivity contribution in [1.82, 2.24) is 0 Å². The Morgan fingerprint density at radius 2 is 1.73 bits per heavy atom. The Morgan fingerprint density at radius 1 is 0.923 bits per heavy atom. The molecule has 0 heterocycles. The lowest BCUT2D eigenvalue weighted by Crippen LogP contribution is -2.25. The SMILES string of the molecule is CCCCCCOc1cccc(NCC(CC)Oc2ccc(C)cc2)c1. The first kappa shape index (κ1) is 20.2. The van der Waals surface area contributed by atoms with Crippen LogP contribution in [0.1, 0.15) is 51.5 Å². The fourth-order valence-corrected chi connectivity index (χ4v) is 2.73. The van der Waals surface area contributed by atoms with E-state index in [1.54, 1.807) is 0 Å². The van der Waals surface area contributed by atoms with Gasteiger partial charge in [-0.05, 0) is 44.0 Å². The third-order valence-corrected chi connectivity index (χ3v) is 4.41. The Kier molecular flexibility index (Phi) is 8.88. The molecular formula is C23H33NO2. The number of hydrogen-bond donors (Lipinski definition) is 1. The van der Waals surface area contributed by atoms with Crippen LogP contribution in [0.2, 0.25) is 0 Å². The van der Waals surface area contributed by atoms with Crippen molar-refractivity contribution in [3.8, 4) is 11.5 Å². The van der Waals surface area contributed by atoms with Crippen LogP contribution in [0.25, 0.3) is 0 Å². The van der Waals surface area contributed by atoms with Crippen LogP contribution in [-0.2, 0) is 0 Å². The third-order valence-electron chi connectivity index (χ3n) is 4.41. The molecule has 0 fully saturated rings. The molecule has 0 aliphatic rings. The molecule has 2 aromatic rings. The van der Waals surface area contributed by atoms with Gasteiger partial charge >= 0.3 is 0 Å². The summed E-state index contributed by atoms with van der Waals surface area (Å²) in [6.07, 6.45) is 5.98. The maximum absolute atomic E-state index is 6.08. The highest BCUT2D eigenvalue weighted by atomic mass is 16.5. The van der Waals surface area contributed by atoms with E-state index in [9.17, 15) is 0 Å². The highest BCUT2D eigenvalue weighted by Crippen LogP contribution is 2.19. The van der Waals surface area contributed by atoms with Gasteiger partial charge in [-0.1, -0.05) is 56.9 Å². The summed E-state index contributed by atoms with van der Waals surface area (Å²) in [6.45, 7) is 8.02. The maximum Gasteiger partial charge on any atom is 0.121 e. The van der Waals surface area contributed by atoms with E-state index >= 15 is 0 Å². The van der Waals surface area contributed by atoms with E-state index in [2.05, 4.69) is 50.4 Å². The van der Waals surface area contributed by atoms with Crippen LogP contribution in [0.4, 0.5) is 5.69 Å². The van der Waals surface area contributed by atoms with Crippen molar-refractivity contribution in [2.45, 2.75) is 59.0 Å². The molecule has 3 nitrogen and oxygen atoms in total. The summed E-state index contributed by atoms with van der Waals surface area (Å²) in [6, 6.07) is 16.4. The van der Waals surface area contributed by atoms with E-state index < -0.39 is 0 Å². The minimum atomic E-state index is 0.135. The monoisotopic (exact) mass is 355 g/mol.